The Morgan fingerprint density at radius 3 is 2.62 bits per heavy atom. The SMILES string of the molecule is NC(CC1CCCCC1)C(=O)NC1CC1c1ccccc1. The molecule has 2 aliphatic rings. The van der Waals surface area contributed by atoms with Crippen LogP contribution >= 0.6 is 0 Å². The van der Waals surface area contributed by atoms with Gasteiger partial charge in [-0.05, 0) is 24.3 Å². The van der Waals surface area contributed by atoms with Gasteiger partial charge in [0.1, 0.15) is 0 Å². The van der Waals surface area contributed by atoms with E-state index in [0.29, 0.717) is 11.8 Å². The van der Waals surface area contributed by atoms with Crippen LogP contribution in [-0.2, 0) is 4.79 Å². The van der Waals surface area contributed by atoms with E-state index in [2.05, 4.69) is 29.6 Å². The lowest BCUT2D eigenvalue weighted by molar-refractivity contribution is -0.123. The van der Waals surface area contributed by atoms with Crippen LogP contribution in [0.2, 0.25) is 0 Å². The molecule has 0 aromatic heterocycles. The number of hydrogen-bond donors (Lipinski definition) is 2. The number of carbonyl (C=O) groups is 1. The van der Waals surface area contributed by atoms with E-state index in [4.69, 9.17) is 5.73 Å². The van der Waals surface area contributed by atoms with Crippen LogP contribution in [0.25, 0.3) is 0 Å². The average Bonchev–Trinajstić information content (AvgIpc) is 3.28. The van der Waals surface area contributed by atoms with Gasteiger partial charge in [0.2, 0.25) is 5.91 Å². The summed E-state index contributed by atoms with van der Waals surface area (Å²) in [7, 11) is 0. The van der Waals surface area contributed by atoms with E-state index in [1.165, 1.54) is 37.7 Å². The third kappa shape index (κ3) is 3.85. The van der Waals surface area contributed by atoms with Gasteiger partial charge < -0.3 is 11.1 Å². The summed E-state index contributed by atoms with van der Waals surface area (Å²) in [6, 6.07) is 10.4. The van der Waals surface area contributed by atoms with Crippen molar-refractivity contribution < 1.29 is 4.79 Å². The molecule has 1 aromatic carbocycles. The van der Waals surface area contributed by atoms with Crippen molar-refractivity contribution >= 4 is 5.91 Å². The summed E-state index contributed by atoms with van der Waals surface area (Å²) in [4.78, 5) is 12.2. The van der Waals surface area contributed by atoms with E-state index in [9.17, 15) is 4.79 Å². The van der Waals surface area contributed by atoms with Crippen LogP contribution in [-0.4, -0.2) is 18.0 Å². The molecule has 114 valence electrons. The number of benzene rings is 1. The van der Waals surface area contributed by atoms with Crippen LogP contribution in [0.15, 0.2) is 30.3 Å². The molecule has 0 spiro atoms. The minimum Gasteiger partial charge on any atom is -0.351 e. The number of carbonyl (C=O) groups excluding carboxylic acids is 1. The Morgan fingerprint density at radius 1 is 1.19 bits per heavy atom. The molecule has 1 aromatic rings. The minimum absolute atomic E-state index is 0.0454. The molecule has 3 nitrogen and oxygen atoms in total. The maximum atomic E-state index is 12.2. The van der Waals surface area contributed by atoms with Crippen LogP contribution in [0, 0.1) is 5.92 Å². The Bertz CT molecular complexity index is 467. The molecule has 0 saturated heterocycles. The van der Waals surface area contributed by atoms with Crippen molar-refractivity contribution in [1.82, 2.24) is 5.32 Å². The summed E-state index contributed by atoms with van der Waals surface area (Å²) >= 11 is 0. The standard InChI is InChI=1S/C18H26N2O/c19-16(11-13-7-3-1-4-8-13)18(21)20-17-12-15(17)14-9-5-2-6-10-14/h2,5-6,9-10,13,15-17H,1,3-4,7-8,11-12,19H2,(H,20,21). The lowest BCUT2D eigenvalue weighted by Crippen LogP contribution is -2.43. The Labute approximate surface area is 127 Å². The molecule has 0 aliphatic heterocycles. The normalized spacial score (nSPS) is 27.1. The first kappa shape index (κ1) is 14.6. The monoisotopic (exact) mass is 286 g/mol. The van der Waals surface area contributed by atoms with E-state index >= 15 is 0 Å². The van der Waals surface area contributed by atoms with Crippen molar-refractivity contribution in [2.45, 2.75) is 62.9 Å². The Balaban J connectivity index is 1.44. The van der Waals surface area contributed by atoms with Gasteiger partial charge in [0.15, 0.2) is 0 Å². The highest BCUT2D eigenvalue weighted by Gasteiger charge is 2.40. The van der Waals surface area contributed by atoms with Crippen LogP contribution in [0.5, 0.6) is 0 Å². The van der Waals surface area contributed by atoms with Crippen LogP contribution in [0.4, 0.5) is 0 Å². The summed E-state index contributed by atoms with van der Waals surface area (Å²) in [6.07, 6.45) is 8.35. The molecule has 2 aliphatic carbocycles. The second kappa shape index (κ2) is 6.61. The highest BCUT2D eigenvalue weighted by atomic mass is 16.2. The van der Waals surface area contributed by atoms with E-state index in [-0.39, 0.29) is 18.0 Å². The predicted molar refractivity (Wildman–Crippen MR) is 84.9 cm³/mol. The number of nitrogens with one attached hydrogen (secondary N) is 1. The van der Waals surface area contributed by atoms with Crippen molar-refractivity contribution in [3.05, 3.63) is 35.9 Å². The van der Waals surface area contributed by atoms with E-state index in [0.717, 1.165) is 12.8 Å². The molecule has 3 N–H and O–H groups in total. The molecular formula is C18H26N2O. The van der Waals surface area contributed by atoms with Crippen molar-refractivity contribution in [2.24, 2.45) is 11.7 Å². The van der Waals surface area contributed by atoms with Crippen molar-refractivity contribution in [3.8, 4) is 0 Å². The summed E-state index contributed by atoms with van der Waals surface area (Å²) < 4.78 is 0. The number of amides is 1. The highest BCUT2D eigenvalue weighted by Crippen LogP contribution is 2.40. The molecule has 21 heavy (non-hydrogen) atoms. The third-order valence-corrected chi connectivity index (χ3v) is 4.99. The van der Waals surface area contributed by atoms with Gasteiger partial charge >= 0.3 is 0 Å². The number of nitrogens with two attached hydrogens (primary N) is 1. The van der Waals surface area contributed by atoms with E-state index in [1.54, 1.807) is 0 Å². The fourth-order valence-corrected chi connectivity index (χ4v) is 3.60. The summed E-state index contributed by atoms with van der Waals surface area (Å²) in [5.74, 6) is 1.18. The molecule has 0 heterocycles. The first-order chi connectivity index (χ1) is 10.2. The van der Waals surface area contributed by atoms with Gasteiger partial charge in [0.25, 0.3) is 0 Å². The highest BCUT2D eigenvalue weighted by molar-refractivity contribution is 5.82. The second-order valence-electron chi connectivity index (χ2n) is 6.71. The maximum Gasteiger partial charge on any atom is 0.237 e. The van der Waals surface area contributed by atoms with Crippen LogP contribution in [0.1, 0.15) is 56.4 Å². The molecule has 2 fully saturated rings. The Hall–Kier alpha value is -1.35. The van der Waals surface area contributed by atoms with Gasteiger partial charge in [-0.25, -0.2) is 0 Å². The first-order valence-electron chi connectivity index (χ1n) is 8.35. The molecular weight excluding hydrogens is 260 g/mol. The minimum atomic E-state index is -0.329. The summed E-state index contributed by atoms with van der Waals surface area (Å²) in [5, 5.41) is 3.13. The number of rotatable bonds is 5. The zero-order valence-corrected chi connectivity index (χ0v) is 12.6. The summed E-state index contributed by atoms with van der Waals surface area (Å²) in [6.45, 7) is 0. The fraction of sp³-hybridized carbons (Fsp3) is 0.611. The van der Waals surface area contributed by atoms with E-state index in [1.807, 2.05) is 6.07 Å². The predicted octanol–water partition coefficient (Wildman–Crippen LogP) is 2.96. The second-order valence-corrected chi connectivity index (χ2v) is 6.71. The smallest absolute Gasteiger partial charge is 0.237 e. The van der Waals surface area contributed by atoms with Crippen molar-refractivity contribution in [3.63, 3.8) is 0 Å². The van der Waals surface area contributed by atoms with Crippen LogP contribution in [0.3, 0.4) is 0 Å². The summed E-state index contributed by atoms with van der Waals surface area (Å²) in [5.41, 5.74) is 7.42. The third-order valence-electron chi connectivity index (χ3n) is 4.99. The van der Waals surface area contributed by atoms with Crippen LogP contribution < -0.4 is 11.1 Å². The first-order valence-corrected chi connectivity index (χ1v) is 8.35. The zero-order valence-electron chi connectivity index (χ0n) is 12.6. The molecule has 3 unspecified atom stereocenters. The van der Waals surface area contributed by atoms with Gasteiger partial charge in [-0.3, -0.25) is 4.79 Å². The number of hydrogen-bond acceptors (Lipinski definition) is 2. The molecule has 0 bridgehead atoms. The topological polar surface area (TPSA) is 55.1 Å². The average molecular weight is 286 g/mol. The molecule has 3 heteroatoms. The molecule has 2 saturated carbocycles. The van der Waals surface area contributed by atoms with Gasteiger partial charge in [0, 0.05) is 12.0 Å². The van der Waals surface area contributed by atoms with Crippen molar-refractivity contribution in [1.29, 1.82) is 0 Å². The molecule has 1 amide bonds. The molecule has 3 rings (SSSR count). The van der Waals surface area contributed by atoms with Gasteiger partial charge in [-0.15, -0.1) is 0 Å². The molecule has 0 radical (unpaired) electrons. The van der Waals surface area contributed by atoms with E-state index < -0.39 is 0 Å². The van der Waals surface area contributed by atoms with Crippen molar-refractivity contribution in [2.75, 3.05) is 0 Å². The lowest BCUT2D eigenvalue weighted by atomic mass is 9.85. The Morgan fingerprint density at radius 2 is 1.90 bits per heavy atom. The largest absolute Gasteiger partial charge is 0.351 e. The van der Waals surface area contributed by atoms with Gasteiger partial charge in [-0.1, -0.05) is 62.4 Å². The Kier molecular flexibility index (Phi) is 4.59. The van der Waals surface area contributed by atoms with Gasteiger partial charge in [-0.2, -0.15) is 0 Å². The fourth-order valence-electron chi connectivity index (χ4n) is 3.60. The lowest BCUT2D eigenvalue weighted by Gasteiger charge is -2.24. The maximum absolute atomic E-state index is 12.2. The molecule has 3 atom stereocenters. The zero-order chi connectivity index (χ0) is 14.7. The quantitative estimate of drug-likeness (QED) is 0.874. The van der Waals surface area contributed by atoms with Gasteiger partial charge in [0.05, 0.1) is 6.04 Å².